The molecule has 11 nitrogen and oxygen atoms in total. The van der Waals surface area contributed by atoms with Crippen LogP contribution in [0.25, 0.3) is 5.57 Å². The number of aromatic nitrogens is 2. The number of aryl methyl sites for hydroxylation is 1. The van der Waals surface area contributed by atoms with Crippen LogP contribution in [0.3, 0.4) is 0 Å². The van der Waals surface area contributed by atoms with Crippen LogP contribution in [-0.2, 0) is 4.79 Å². The first-order valence-electron chi connectivity index (χ1n) is 13.9. The van der Waals surface area contributed by atoms with Crippen molar-refractivity contribution in [3.05, 3.63) is 81.2 Å². The third-order valence-corrected chi connectivity index (χ3v) is 7.21. The molecule has 1 atom stereocenters. The summed E-state index contributed by atoms with van der Waals surface area (Å²) in [5.41, 5.74) is 4.48. The second-order valence-electron chi connectivity index (χ2n) is 10.4. The number of rotatable bonds is 13. The van der Waals surface area contributed by atoms with Crippen LogP contribution in [0.15, 0.2) is 54.2 Å². The van der Waals surface area contributed by atoms with Crippen molar-refractivity contribution in [1.82, 2.24) is 20.2 Å². The topological polar surface area (TPSA) is 126 Å². The van der Waals surface area contributed by atoms with Gasteiger partial charge in [-0.3, -0.25) is 14.9 Å². The van der Waals surface area contributed by atoms with E-state index >= 15 is 0 Å². The highest BCUT2D eigenvalue weighted by Gasteiger charge is 2.25. The van der Waals surface area contributed by atoms with Gasteiger partial charge in [-0.05, 0) is 50.6 Å². The fourth-order valence-electron chi connectivity index (χ4n) is 4.62. The number of nitro benzene ring substituents is 1. The predicted octanol–water partition coefficient (Wildman–Crippen LogP) is 5.04. The lowest BCUT2D eigenvalue weighted by molar-refractivity contribution is -0.384. The standard InChI is InChI=1S/C31H41N7O4/c1-9-20(2)28(30(39)32-4)29(22-13-11-10-12-21(22)3)23-14-15-33-31(34-23)35-24-18-26(38(40)41)25(19-27(24)42-8)37(7)17-16-36(5)6/h10-15,18-20H,9,16-17H2,1-8H3,(H,32,39)(H,33,34,35)/b29-28-. The predicted molar refractivity (Wildman–Crippen MR) is 168 cm³/mol. The summed E-state index contributed by atoms with van der Waals surface area (Å²) in [6.45, 7) is 7.37. The molecule has 0 saturated carbocycles. The molecule has 0 spiro atoms. The third-order valence-electron chi connectivity index (χ3n) is 7.21. The van der Waals surface area contributed by atoms with Crippen LogP contribution in [0.2, 0.25) is 0 Å². The summed E-state index contributed by atoms with van der Waals surface area (Å²) < 4.78 is 5.62. The summed E-state index contributed by atoms with van der Waals surface area (Å²) in [5, 5.41) is 18.0. The van der Waals surface area contributed by atoms with Gasteiger partial charge < -0.3 is 25.2 Å². The van der Waals surface area contributed by atoms with E-state index < -0.39 is 4.92 Å². The molecule has 0 bridgehead atoms. The van der Waals surface area contributed by atoms with Crippen LogP contribution in [0.4, 0.5) is 23.0 Å². The van der Waals surface area contributed by atoms with E-state index in [1.54, 1.807) is 25.4 Å². The molecular formula is C31H41N7O4. The first-order valence-corrected chi connectivity index (χ1v) is 13.9. The molecule has 0 aliphatic rings. The average Bonchev–Trinajstić information content (AvgIpc) is 2.98. The highest BCUT2D eigenvalue weighted by atomic mass is 16.6. The lowest BCUT2D eigenvalue weighted by atomic mass is 9.86. The number of benzene rings is 2. The molecule has 0 fully saturated rings. The number of amides is 1. The number of hydrogen-bond donors (Lipinski definition) is 2. The first kappa shape index (κ1) is 32.0. The molecule has 224 valence electrons. The summed E-state index contributed by atoms with van der Waals surface area (Å²) in [6.07, 6.45) is 2.36. The largest absolute Gasteiger partial charge is 0.494 e. The molecule has 42 heavy (non-hydrogen) atoms. The minimum Gasteiger partial charge on any atom is -0.494 e. The lowest BCUT2D eigenvalue weighted by Crippen LogP contribution is -2.29. The molecule has 0 radical (unpaired) electrons. The molecule has 0 aliphatic carbocycles. The van der Waals surface area contributed by atoms with Crippen LogP contribution in [0.5, 0.6) is 5.75 Å². The number of nitrogens with zero attached hydrogens (tertiary/aromatic N) is 5. The lowest BCUT2D eigenvalue weighted by Gasteiger charge is -2.23. The highest BCUT2D eigenvalue weighted by Crippen LogP contribution is 2.39. The van der Waals surface area contributed by atoms with Gasteiger partial charge in [-0.1, -0.05) is 38.1 Å². The van der Waals surface area contributed by atoms with Crippen molar-refractivity contribution in [2.75, 3.05) is 58.6 Å². The van der Waals surface area contributed by atoms with Gasteiger partial charge in [0.25, 0.3) is 5.69 Å². The Morgan fingerprint density at radius 1 is 1.14 bits per heavy atom. The number of carbonyl (C=O) groups is 1. The highest BCUT2D eigenvalue weighted by molar-refractivity contribution is 6.04. The number of methoxy groups -OCH3 is 1. The number of anilines is 3. The van der Waals surface area contributed by atoms with Gasteiger partial charge in [-0.25, -0.2) is 9.97 Å². The minimum atomic E-state index is -0.413. The van der Waals surface area contributed by atoms with Crippen molar-refractivity contribution in [1.29, 1.82) is 0 Å². The zero-order valence-electron chi connectivity index (χ0n) is 25.7. The van der Waals surface area contributed by atoms with Crippen LogP contribution in [0.1, 0.15) is 37.1 Å². The van der Waals surface area contributed by atoms with Crippen LogP contribution < -0.4 is 20.3 Å². The van der Waals surface area contributed by atoms with Gasteiger partial charge in [0.05, 0.1) is 23.4 Å². The Kier molecular flexibility index (Phi) is 11.0. The Labute approximate surface area is 247 Å². The maximum absolute atomic E-state index is 13.2. The summed E-state index contributed by atoms with van der Waals surface area (Å²) >= 11 is 0. The minimum absolute atomic E-state index is 0.0503. The van der Waals surface area contributed by atoms with Crippen LogP contribution >= 0.6 is 0 Å². The quantitative estimate of drug-likeness (QED) is 0.164. The van der Waals surface area contributed by atoms with E-state index in [1.165, 1.54) is 13.2 Å². The number of likely N-dealkylation sites (N-methyl/N-ethyl adjacent to an activating group) is 3. The number of hydrogen-bond acceptors (Lipinski definition) is 9. The van der Waals surface area contributed by atoms with E-state index in [1.807, 2.05) is 76.0 Å². The van der Waals surface area contributed by atoms with Gasteiger partial charge in [-0.2, -0.15) is 0 Å². The van der Waals surface area contributed by atoms with Crippen molar-refractivity contribution in [2.45, 2.75) is 27.2 Å². The first-order chi connectivity index (χ1) is 20.0. The van der Waals surface area contributed by atoms with E-state index in [0.717, 1.165) is 24.1 Å². The SMILES string of the molecule is CCC(C)/C(C(=O)NC)=C(/c1ccnc(Nc2cc([N+](=O)[O-])c(N(C)CCN(C)C)cc2OC)n1)c1ccccc1C. The summed E-state index contributed by atoms with van der Waals surface area (Å²) in [5.74, 6) is 0.384. The Morgan fingerprint density at radius 2 is 1.86 bits per heavy atom. The zero-order chi connectivity index (χ0) is 31.0. The molecule has 1 amide bonds. The fourth-order valence-corrected chi connectivity index (χ4v) is 4.62. The van der Waals surface area contributed by atoms with E-state index in [9.17, 15) is 14.9 Å². The fraction of sp³-hybridized carbons (Fsp3) is 0.387. The second-order valence-corrected chi connectivity index (χ2v) is 10.4. The molecule has 2 aromatic carbocycles. The molecule has 1 unspecified atom stereocenters. The molecule has 3 aromatic rings. The zero-order valence-corrected chi connectivity index (χ0v) is 25.7. The Morgan fingerprint density at radius 3 is 2.45 bits per heavy atom. The molecule has 0 saturated heterocycles. The van der Waals surface area contributed by atoms with Gasteiger partial charge in [-0.15, -0.1) is 0 Å². The molecule has 11 heteroatoms. The molecular weight excluding hydrogens is 534 g/mol. The number of nitro groups is 1. The maximum atomic E-state index is 13.2. The van der Waals surface area contributed by atoms with Crippen molar-refractivity contribution in [2.24, 2.45) is 5.92 Å². The smallest absolute Gasteiger partial charge is 0.294 e. The number of nitrogens with one attached hydrogen (secondary N) is 2. The summed E-state index contributed by atoms with van der Waals surface area (Å²) in [4.78, 5) is 37.9. The molecule has 0 aliphatic heterocycles. The summed E-state index contributed by atoms with van der Waals surface area (Å²) in [6, 6.07) is 12.7. The molecule has 2 N–H and O–H groups in total. The van der Waals surface area contributed by atoms with Gasteiger partial charge in [0.15, 0.2) is 0 Å². The third kappa shape index (κ3) is 7.41. The maximum Gasteiger partial charge on any atom is 0.294 e. The van der Waals surface area contributed by atoms with Gasteiger partial charge in [0, 0.05) is 56.7 Å². The van der Waals surface area contributed by atoms with Gasteiger partial charge >= 0.3 is 0 Å². The second kappa shape index (κ2) is 14.4. The monoisotopic (exact) mass is 575 g/mol. The van der Waals surface area contributed by atoms with E-state index in [2.05, 4.69) is 15.6 Å². The number of carbonyl (C=O) groups excluding carboxylic acids is 1. The number of ether oxygens (including phenoxy) is 1. The van der Waals surface area contributed by atoms with Gasteiger partial charge in [0.2, 0.25) is 11.9 Å². The van der Waals surface area contributed by atoms with Crippen molar-refractivity contribution < 1.29 is 14.5 Å². The van der Waals surface area contributed by atoms with Crippen molar-refractivity contribution >= 4 is 34.5 Å². The molecule has 1 aromatic heterocycles. The van der Waals surface area contributed by atoms with E-state index in [-0.39, 0.29) is 23.5 Å². The average molecular weight is 576 g/mol. The van der Waals surface area contributed by atoms with Gasteiger partial charge in [0.1, 0.15) is 11.4 Å². The van der Waals surface area contributed by atoms with Crippen LogP contribution in [-0.4, -0.2) is 74.1 Å². The normalized spacial score (nSPS) is 12.4. The molecule has 3 rings (SSSR count). The van der Waals surface area contributed by atoms with E-state index in [0.29, 0.717) is 40.5 Å². The Hall–Kier alpha value is -4.51. The Bertz CT molecular complexity index is 1450. The van der Waals surface area contributed by atoms with E-state index in [4.69, 9.17) is 9.72 Å². The molecule has 1 heterocycles. The van der Waals surface area contributed by atoms with Crippen molar-refractivity contribution in [3.63, 3.8) is 0 Å². The Balaban J connectivity index is 2.16. The van der Waals surface area contributed by atoms with Crippen molar-refractivity contribution in [3.8, 4) is 5.75 Å². The summed E-state index contributed by atoms with van der Waals surface area (Å²) in [7, 11) is 8.84. The van der Waals surface area contributed by atoms with Crippen LogP contribution in [0, 0.1) is 23.0 Å².